The van der Waals surface area contributed by atoms with Gasteiger partial charge in [0.05, 0.1) is 7.11 Å². The molecule has 1 N–H and O–H groups in total. The van der Waals surface area contributed by atoms with Crippen LogP contribution in [-0.4, -0.2) is 44.6 Å². The van der Waals surface area contributed by atoms with E-state index in [9.17, 15) is 4.79 Å². The summed E-state index contributed by atoms with van der Waals surface area (Å²) in [6.45, 7) is 2.64. The Hall–Kier alpha value is -1.33. The maximum atomic E-state index is 12.2. The van der Waals surface area contributed by atoms with Gasteiger partial charge in [0.2, 0.25) is 5.91 Å². The SMILES string of the molecule is CNCC1CCN(C(=O)C=Cc2cc(Br)ccc2OC)C1. The smallest absolute Gasteiger partial charge is 0.246 e. The van der Waals surface area contributed by atoms with Crippen molar-refractivity contribution in [3.8, 4) is 5.75 Å². The number of likely N-dealkylation sites (tertiary alicyclic amines) is 1. The minimum Gasteiger partial charge on any atom is -0.496 e. The van der Waals surface area contributed by atoms with E-state index in [4.69, 9.17) is 4.74 Å². The van der Waals surface area contributed by atoms with Crippen LogP contribution in [0.25, 0.3) is 6.08 Å². The number of benzene rings is 1. The number of halogens is 1. The molecule has 0 aliphatic carbocycles. The summed E-state index contributed by atoms with van der Waals surface area (Å²) in [5.74, 6) is 1.39. The lowest BCUT2D eigenvalue weighted by molar-refractivity contribution is -0.125. The number of amides is 1. The average molecular weight is 353 g/mol. The molecule has 21 heavy (non-hydrogen) atoms. The third-order valence-electron chi connectivity index (χ3n) is 3.69. The topological polar surface area (TPSA) is 41.6 Å². The van der Waals surface area contributed by atoms with Crippen molar-refractivity contribution in [2.24, 2.45) is 5.92 Å². The van der Waals surface area contributed by atoms with Gasteiger partial charge in [0.15, 0.2) is 0 Å². The van der Waals surface area contributed by atoms with Crippen molar-refractivity contribution >= 4 is 27.9 Å². The summed E-state index contributed by atoms with van der Waals surface area (Å²) >= 11 is 3.43. The van der Waals surface area contributed by atoms with Crippen molar-refractivity contribution < 1.29 is 9.53 Å². The lowest BCUT2D eigenvalue weighted by atomic mass is 10.1. The highest BCUT2D eigenvalue weighted by Crippen LogP contribution is 2.24. The Bertz CT molecular complexity index is 531. The minimum atomic E-state index is 0.0654. The highest BCUT2D eigenvalue weighted by atomic mass is 79.9. The number of nitrogens with one attached hydrogen (secondary N) is 1. The molecule has 1 aromatic carbocycles. The molecule has 1 saturated heterocycles. The third-order valence-corrected chi connectivity index (χ3v) is 4.18. The predicted octanol–water partition coefficient (Wildman–Crippen LogP) is 2.54. The van der Waals surface area contributed by atoms with Crippen molar-refractivity contribution in [3.05, 3.63) is 34.3 Å². The largest absolute Gasteiger partial charge is 0.496 e. The zero-order chi connectivity index (χ0) is 15.2. The number of rotatable bonds is 5. The number of nitrogens with zero attached hydrogens (tertiary/aromatic N) is 1. The van der Waals surface area contributed by atoms with E-state index in [1.165, 1.54) is 0 Å². The first-order chi connectivity index (χ1) is 10.1. The fourth-order valence-electron chi connectivity index (χ4n) is 2.59. The van der Waals surface area contributed by atoms with E-state index in [0.29, 0.717) is 5.92 Å². The van der Waals surface area contributed by atoms with E-state index in [-0.39, 0.29) is 5.91 Å². The summed E-state index contributed by atoms with van der Waals surface area (Å²) in [7, 11) is 3.58. The number of hydrogen-bond donors (Lipinski definition) is 1. The van der Waals surface area contributed by atoms with E-state index in [1.54, 1.807) is 13.2 Å². The van der Waals surface area contributed by atoms with Gasteiger partial charge >= 0.3 is 0 Å². The molecule has 1 heterocycles. The van der Waals surface area contributed by atoms with Crippen LogP contribution >= 0.6 is 15.9 Å². The Morgan fingerprint density at radius 1 is 1.57 bits per heavy atom. The first-order valence-corrected chi connectivity index (χ1v) is 7.88. The van der Waals surface area contributed by atoms with Crippen molar-refractivity contribution in [3.63, 3.8) is 0 Å². The lowest BCUT2D eigenvalue weighted by Gasteiger charge is -2.14. The van der Waals surface area contributed by atoms with Crippen molar-refractivity contribution in [2.45, 2.75) is 6.42 Å². The van der Waals surface area contributed by atoms with Crippen molar-refractivity contribution in [1.29, 1.82) is 0 Å². The van der Waals surface area contributed by atoms with Crippen LogP contribution in [0.3, 0.4) is 0 Å². The first kappa shape index (κ1) is 16.0. The summed E-state index contributed by atoms with van der Waals surface area (Å²) in [5, 5.41) is 3.17. The summed E-state index contributed by atoms with van der Waals surface area (Å²) in [6.07, 6.45) is 4.52. The van der Waals surface area contributed by atoms with E-state index in [0.717, 1.165) is 41.8 Å². The van der Waals surface area contributed by atoms with Gasteiger partial charge in [-0.3, -0.25) is 4.79 Å². The summed E-state index contributed by atoms with van der Waals surface area (Å²) < 4.78 is 6.27. The Balaban J connectivity index is 2.01. The quantitative estimate of drug-likeness (QED) is 0.828. The molecule has 1 aromatic rings. The van der Waals surface area contributed by atoms with Gasteiger partial charge in [0.1, 0.15) is 5.75 Å². The van der Waals surface area contributed by atoms with Gasteiger partial charge < -0.3 is 15.0 Å². The molecule has 0 aromatic heterocycles. The van der Waals surface area contributed by atoms with Crippen LogP contribution in [0.4, 0.5) is 0 Å². The fraction of sp³-hybridized carbons (Fsp3) is 0.438. The molecular formula is C16H21BrN2O2. The van der Waals surface area contributed by atoms with Gasteiger partial charge in [-0.1, -0.05) is 15.9 Å². The van der Waals surface area contributed by atoms with Gasteiger partial charge in [-0.2, -0.15) is 0 Å². The van der Waals surface area contributed by atoms with Crippen LogP contribution in [0, 0.1) is 5.92 Å². The molecule has 1 amide bonds. The molecule has 0 spiro atoms. The molecule has 2 rings (SSSR count). The standard InChI is InChI=1S/C16H21BrN2O2/c1-18-10-12-7-8-19(11-12)16(20)6-3-13-9-14(17)4-5-15(13)21-2/h3-6,9,12,18H,7-8,10-11H2,1-2H3. The Morgan fingerprint density at radius 2 is 2.38 bits per heavy atom. The summed E-state index contributed by atoms with van der Waals surface area (Å²) in [6, 6.07) is 5.74. The Kier molecular flexibility index (Phi) is 5.82. The summed E-state index contributed by atoms with van der Waals surface area (Å²) in [4.78, 5) is 14.1. The lowest BCUT2D eigenvalue weighted by Crippen LogP contribution is -2.28. The molecule has 0 radical (unpaired) electrons. The van der Waals surface area contributed by atoms with Crippen LogP contribution in [-0.2, 0) is 4.79 Å². The van der Waals surface area contributed by atoms with Gasteiger partial charge in [-0.15, -0.1) is 0 Å². The molecule has 4 nitrogen and oxygen atoms in total. The Labute approximate surface area is 134 Å². The fourth-order valence-corrected chi connectivity index (χ4v) is 2.97. The minimum absolute atomic E-state index is 0.0654. The molecule has 0 bridgehead atoms. The molecule has 1 atom stereocenters. The highest BCUT2D eigenvalue weighted by Gasteiger charge is 2.24. The van der Waals surface area contributed by atoms with Crippen molar-refractivity contribution in [2.75, 3.05) is 33.8 Å². The average Bonchev–Trinajstić information content (AvgIpc) is 2.94. The maximum Gasteiger partial charge on any atom is 0.246 e. The monoisotopic (exact) mass is 352 g/mol. The summed E-state index contributed by atoms with van der Waals surface area (Å²) in [5.41, 5.74) is 0.895. The van der Waals surface area contributed by atoms with E-state index in [2.05, 4.69) is 21.2 Å². The predicted molar refractivity (Wildman–Crippen MR) is 88.3 cm³/mol. The zero-order valence-electron chi connectivity index (χ0n) is 12.4. The zero-order valence-corrected chi connectivity index (χ0v) is 14.0. The molecule has 5 heteroatoms. The molecule has 0 saturated carbocycles. The number of carbonyl (C=O) groups is 1. The van der Waals surface area contributed by atoms with Crippen LogP contribution < -0.4 is 10.1 Å². The number of ether oxygens (including phenoxy) is 1. The van der Waals surface area contributed by atoms with Crippen LogP contribution in [0.5, 0.6) is 5.75 Å². The second-order valence-corrected chi connectivity index (χ2v) is 6.13. The van der Waals surface area contributed by atoms with Gasteiger partial charge in [0, 0.05) is 29.2 Å². The molecule has 1 fully saturated rings. The van der Waals surface area contributed by atoms with E-state index in [1.807, 2.05) is 36.2 Å². The van der Waals surface area contributed by atoms with E-state index < -0.39 is 0 Å². The maximum absolute atomic E-state index is 12.2. The molecular weight excluding hydrogens is 332 g/mol. The van der Waals surface area contributed by atoms with Gasteiger partial charge in [-0.25, -0.2) is 0 Å². The van der Waals surface area contributed by atoms with Crippen molar-refractivity contribution in [1.82, 2.24) is 10.2 Å². The number of carbonyl (C=O) groups excluding carboxylic acids is 1. The number of hydrogen-bond acceptors (Lipinski definition) is 3. The van der Waals surface area contributed by atoms with Crippen LogP contribution in [0.1, 0.15) is 12.0 Å². The van der Waals surface area contributed by atoms with Crippen LogP contribution in [0.2, 0.25) is 0 Å². The van der Waals surface area contributed by atoms with Gasteiger partial charge in [0.25, 0.3) is 0 Å². The molecule has 1 unspecified atom stereocenters. The highest BCUT2D eigenvalue weighted by molar-refractivity contribution is 9.10. The van der Waals surface area contributed by atoms with Crippen LogP contribution in [0.15, 0.2) is 28.7 Å². The second-order valence-electron chi connectivity index (χ2n) is 5.22. The normalized spacial score (nSPS) is 18.4. The number of methoxy groups -OCH3 is 1. The molecule has 1 aliphatic rings. The second kappa shape index (κ2) is 7.61. The van der Waals surface area contributed by atoms with E-state index >= 15 is 0 Å². The molecule has 114 valence electrons. The first-order valence-electron chi connectivity index (χ1n) is 7.09. The third kappa shape index (κ3) is 4.32. The Morgan fingerprint density at radius 3 is 3.10 bits per heavy atom. The molecule has 1 aliphatic heterocycles. The van der Waals surface area contributed by atoms with Gasteiger partial charge in [-0.05, 0) is 50.2 Å².